The molecule has 3 aromatic carbocycles. The van der Waals surface area contributed by atoms with Crippen molar-refractivity contribution in [3.05, 3.63) is 101 Å². The van der Waals surface area contributed by atoms with Crippen LogP contribution in [0.1, 0.15) is 29.7 Å². The second kappa shape index (κ2) is 9.60. The summed E-state index contributed by atoms with van der Waals surface area (Å²) in [6, 6.07) is 22.6. The molecule has 38 heavy (non-hydrogen) atoms. The van der Waals surface area contributed by atoms with Gasteiger partial charge in [0.15, 0.2) is 5.82 Å². The predicted octanol–water partition coefficient (Wildman–Crippen LogP) is 8.27. The topological polar surface area (TPSA) is 34.3 Å². The van der Waals surface area contributed by atoms with E-state index in [4.69, 9.17) is 28.9 Å². The van der Waals surface area contributed by atoms with Gasteiger partial charge in [-0.2, -0.15) is 13.2 Å². The van der Waals surface area contributed by atoms with Crippen molar-refractivity contribution in [2.24, 2.45) is 0 Å². The Labute approximate surface area is 227 Å². The van der Waals surface area contributed by atoms with Crippen molar-refractivity contribution >= 4 is 40.1 Å². The first-order chi connectivity index (χ1) is 18.3. The maximum Gasteiger partial charge on any atom is 0.416 e. The number of anilines is 1. The summed E-state index contributed by atoms with van der Waals surface area (Å²) in [6.45, 7) is 0.792. The Morgan fingerprint density at radius 1 is 0.921 bits per heavy atom. The normalized spacial score (nSPS) is 13.5. The van der Waals surface area contributed by atoms with E-state index in [-0.39, 0.29) is 5.69 Å². The lowest BCUT2D eigenvalue weighted by Gasteiger charge is -2.13. The van der Waals surface area contributed by atoms with Crippen molar-refractivity contribution in [3.8, 4) is 22.5 Å². The Kier molecular flexibility index (Phi) is 6.24. The Bertz CT molecular complexity index is 1650. The van der Waals surface area contributed by atoms with Crippen LogP contribution in [0.5, 0.6) is 0 Å². The van der Waals surface area contributed by atoms with Crippen molar-refractivity contribution < 1.29 is 13.2 Å². The van der Waals surface area contributed by atoms with Crippen molar-refractivity contribution in [2.45, 2.75) is 32.0 Å². The van der Waals surface area contributed by atoms with E-state index in [1.165, 1.54) is 6.07 Å². The van der Waals surface area contributed by atoms with Crippen molar-refractivity contribution in [1.82, 2.24) is 14.2 Å². The first-order valence-electron chi connectivity index (χ1n) is 12.3. The van der Waals surface area contributed by atoms with Crippen molar-refractivity contribution in [2.75, 3.05) is 5.32 Å². The summed E-state index contributed by atoms with van der Waals surface area (Å²) >= 11 is 12.0. The van der Waals surface area contributed by atoms with Crippen LogP contribution in [-0.2, 0) is 19.1 Å². The van der Waals surface area contributed by atoms with E-state index >= 15 is 0 Å². The number of alkyl halides is 3. The molecule has 0 bridgehead atoms. The highest BCUT2D eigenvalue weighted by Gasteiger charge is 2.32. The second-order valence-electron chi connectivity index (χ2n) is 9.28. The number of aromatic nitrogens is 3. The average molecular weight is 551 g/mol. The Hall–Kier alpha value is -3.62. The van der Waals surface area contributed by atoms with Gasteiger partial charge in [0.05, 0.1) is 5.56 Å². The van der Waals surface area contributed by atoms with E-state index in [0.717, 1.165) is 71.7 Å². The maximum absolute atomic E-state index is 13.4. The number of aryl methyl sites for hydroxylation is 2. The third-order valence-electron chi connectivity index (χ3n) is 6.81. The molecule has 3 heterocycles. The van der Waals surface area contributed by atoms with Crippen LogP contribution in [0.2, 0.25) is 5.02 Å². The molecule has 6 rings (SSSR count). The number of benzene rings is 3. The molecule has 0 spiro atoms. The fourth-order valence-corrected chi connectivity index (χ4v) is 5.57. The molecule has 0 atom stereocenters. The standard InChI is InChI=1S/C29H22ClF3N4S/c30-21-14-12-19(13-15-21)26-35-37-25(27(38)34-22-10-6-9-20(17-22)29(31,32)33)24(18-7-2-1-3-8-18)23-11-4-5-16-36(26)28(23)37/h1-3,6-10,12-15,17H,4-5,11,16H2,(H,34,38). The van der Waals surface area contributed by atoms with Gasteiger partial charge >= 0.3 is 6.18 Å². The van der Waals surface area contributed by atoms with Gasteiger partial charge in [-0.05, 0) is 67.3 Å². The third kappa shape index (κ3) is 4.37. The molecular weight excluding hydrogens is 529 g/mol. The van der Waals surface area contributed by atoms with Crippen LogP contribution in [-0.4, -0.2) is 19.2 Å². The van der Waals surface area contributed by atoms with Gasteiger partial charge in [0.25, 0.3) is 0 Å². The molecule has 5 aromatic rings. The highest BCUT2D eigenvalue weighted by Crippen LogP contribution is 2.39. The zero-order chi connectivity index (χ0) is 26.4. The maximum atomic E-state index is 13.4. The Morgan fingerprint density at radius 3 is 2.42 bits per heavy atom. The molecule has 0 amide bonds. The van der Waals surface area contributed by atoms with Crippen LogP contribution < -0.4 is 5.32 Å². The molecule has 0 saturated carbocycles. The van der Waals surface area contributed by atoms with Crippen LogP contribution in [0, 0.1) is 0 Å². The highest BCUT2D eigenvalue weighted by atomic mass is 35.5. The molecule has 192 valence electrons. The lowest BCUT2D eigenvalue weighted by Crippen LogP contribution is -2.15. The van der Waals surface area contributed by atoms with E-state index in [2.05, 4.69) is 9.88 Å². The quantitative estimate of drug-likeness (QED) is 0.229. The number of halogens is 4. The minimum absolute atomic E-state index is 0.268. The fraction of sp³-hybridized carbons (Fsp3) is 0.172. The number of hydrogen-bond donors (Lipinski definition) is 1. The van der Waals surface area contributed by atoms with Crippen molar-refractivity contribution in [3.63, 3.8) is 0 Å². The van der Waals surface area contributed by atoms with Gasteiger partial charge in [0, 0.05) is 33.9 Å². The molecule has 9 heteroatoms. The SMILES string of the molecule is FC(F)(F)c1cccc(NC(=S)c2c(-c3ccccc3)c3c4n(c(-c5ccc(Cl)cc5)nn24)CCCC3)c1. The van der Waals surface area contributed by atoms with Crippen LogP contribution in [0.15, 0.2) is 78.9 Å². The number of nitrogens with zero attached hydrogens (tertiary/aromatic N) is 3. The molecule has 1 aliphatic rings. The smallest absolute Gasteiger partial charge is 0.345 e. The lowest BCUT2D eigenvalue weighted by molar-refractivity contribution is -0.137. The monoisotopic (exact) mass is 550 g/mol. The largest absolute Gasteiger partial charge is 0.416 e. The molecule has 0 unspecified atom stereocenters. The minimum Gasteiger partial charge on any atom is -0.345 e. The fourth-order valence-electron chi connectivity index (χ4n) is 5.14. The van der Waals surface area contributed by atoms with E-state index in [1.807, 2.05) is 59.1 Å². The number of nitrogens with one attached hydrogen (secondary N) is 1. The van der Waals surface area contributed by atoms with Crippen LogP contribution in [0.4, 0.5) is 18.9 Å². The van der Waals surface area contributed by atoms with Gasteiger partial charge in [-0.3, -0.25) is 0 Å². The van der Waals surface area contributed by atoms with Crippen molar-refractivity contribution in [1.29, 1.82) is 0 Å². The molecule has 1 N–H and O–H groups in total. The van der Waals surface area contributed by atoms with E-state index in [0.29, 0.717) is 15.7 Å². The molecule has 0 saturated heterocycles. The van der Waals surface area contributed by atoms with Gasteiger partial charge in [-0.1, -0.05) is 60.2 Å². The molecule has 2 aromatic heterocycles. The van der Waals surface area contributed by atoms with Gasteiger partial charge in [-0.15, -0.1) is 5.10 Å². The van der Waals surface area contributed by atoms with Gasteiger partial charge < -0.3 is 9.88 Å². The first-order valence-corrected chi connectivity index (χ1v) is 13.0. The molecule has 4 nitrogen and oxygen atoms in total. The number of rotatable bonds is 4. The molecule has 0 fully saturated rings. The molecule has 0 radical (unpaired) electrons. The Balaban J connectivity index is 1.56. The predicted molar refractivity (Wildman–Crippen MR) is 149 cm³/mol. The molecule has 1 aliphatic heterocycles. The average Bonchev–Trinajstić information content (AvgIpc) is 3.32. The zero-order valence-corrected chi connectivity index (χ0v) is 21.7. The van der Waals surface area contributed by atoms with Crippen LogP contribution in [0.25, 0.3) is 28.2 Å². The van der Waals surface area contributed by atoms with Gasteiger partial charge in [0.1, 0.15) is 16.3 Å². The summed E-state index contributed by atoms with van der Waals surface area (Å²) < 4.78 is 44.2. The summed E-state index contributed by atoms with van der Waals surface area (Å²) in [4.78, 5) is 0.303. The van der Waals surface area contributed by atoms with Crippen LogP contribution >= 0.6 is 23.8 Å². The lowest BCUT2D eigenvalue weighted by atomic mass is 9.98. The van der Waals surface area contributed by atoms with Gasteiger partial charge in [-0.25, -0.2) is 4.52 Å². The summed E-state index contributed by atoms with van der Waals surface area (Å²) in [7, 11) is 0. The van der Waals surface area contributed by atoms with Crippen LogP contribution in [0.3, 0.4) is 0 Å². The summed E-state index contributed by atoms with van der Waals surface area (Å²) in [6.07, 6.45) is -1.62. The Morgan fingerprint density at radius 2 is 1.68 bits per heavy atom. The molecular formula is C29H22ClF3N4S. The van der Waals surface area contributed by atoms with E-state index < -0.39 is 11.7 Å². The highest BCUT2D eigenvalue weighted by molar-refractivity contribution is 7.81. The van der Waals surface area contributed by atoms with E-state index in [9.17, 15) is 13.2 Å². The minimum atomic E-state index is -4.45. The summed E-state index contributed by atoms with van der Waals surface area (Å²) in [5, 5.41) is 8.73. The zero-order valence-electron chi connectivity index (χ0n) is 20.1. The van der Waals surface area contributed by atoms with Gasteiger partial charge in [0.2, 0.25) is 0 Å². The summed E-state index contributed by atoms with van der Waals surface area (Å²) in [5.41, 5.74) is 5.13. The third-order valence-corrected chi connectivity index (χ3v) is 7.36. The first kappa shape index (κ1) is 24.7. The number of hydrogen-bond acceptors (Lipinski definition) is 2. The van der Waals surface area contributed by atoms with E-state index in [1.54, 1.807) is 6.07 Å². The summed E-state index contributed by atoms with van der Waals surface area (Å²) in [5.74, 6) is 0.794. The second-order valence-corrected chi connectivity index (χ2v) is 10.1. The number of thiocarbonyl (C=S) groups is 1. The molecule has 0 aliphatic carbocycles.